The van der Waals surface area contributed by atoms with Crippen LogP contribution in [0.25, 0.3) is 32.9 Å². The maximum Gasteiger partial charge on any atom is 0.164 e. The van der Waals surface area contributed by atoms with Gasteiger partial charge in [-0.1, -0.05) is 100 Å². The fourth-order valence-electron chi connectivity index (χ4n) is 7.50. The van der Waals surface area contributed by atoms with Crippen LogP contribution in [0.1, 0.15) is 152 Å². The Morgan fingerprint density at radius 2 is 1.52 bits per heavy atom. The average molecular weight is 854 g/mol. The van der Waals surface area contributed by atoms with Crippen LogP contribution in [0.5, 0.6) is 0 Å². The van der Waals surface area contributed by atoms with E-state index in [4.69, 9.17) is 9.97 Å². The van der Waals surface area contributed by atoms with Gasteiger partial charge in [-0.15, -0.1) is 34.9 Å². The number of aromatic nitrogens is 2. The summed E-state index contributed by atoms with van der Waals surface area (Å²) in [5.74, 6) is 2.15. The van der Waals surface area contributed by atoms with Crippen molar-refractivity contribution in [2.75, 3.05) is 0 Å². The Balaban J connectivity index is 0.000000323. The third-order valence-electron chi connectivity index (χ3n) is 11.8. The van der Waals surface area contributed by atoms with Gasteiger partial charge in [0.25, 0.3) is 0 Å². The predicted octanol–water partition coefficient (Wildman–Crippen LogP) is 12.9. The first-order valence-electron chi connectivity index (χ1n) is 18.8. The van der Waals surface area contributed by atoms with Crippen molar-refractivity contribution < 1.29 is 30.0 Å². The molecule has 5 heteroatoms. The minimum absolute atomic E-state index is 0. The minimum Gasteiger partial charge on any atom is -0.512 e. The summed E-state index contributed by atoms with van der Waals surface area (Å²) in [6, 6.07) is 14.8. The molecule has 1 fully saturated rings. The van der Waals surface area contributed by atoms with Crippen molar-refractivity contribution in [3.05, 3.63) is 81.9 Å². The molecule has 50 heavy (non-hydrogen) atoms. The molecule has 4 nitrogen and oxygen atoms in total. The van der Waals surface area contributed by atoms with Crippen molar-refractivity contribution in [1.82, 2.24) is 9.97 Å². The number of nitrogens with zero attached hydrogens (tertiary/aromatic N) is 2. The van der Waals surface area contributed by atoms with Crippen LogP contribution < -0.4 is 0 Å². The van der Waals surface area contributed by atoms with Crippen LogP contribution in [0, 0.1) is 44.6 Å². The summed E-state index contributed by atoms with van der Waals surface area (Å²) in [5, 5.41) is 13.9. The molecule has 0 aliphatic heterocycles. The van der Waals surface area contributed by atoms with Gasteiger partial charge in [0.15, 0.2) is 5.78 Å². The Kier molecular flexibility index (Phi) is 14.2. The van der Waals surface area contributed by atoms with Gasteiger partial charge in [-0.25, -0.2) is 4.98 Å². The molecular formula is C45H61IrN2O2-. The van der Waals surface area contributed by atoms with Crippen LogP contribution in [-0.2, 0) is 24.9 Å². The maximum atomic E-state index is 12.2. The van der Waals surface area contributed by atoms with E-state index in [-0.39, 0.29) is 48.4 Å². The van der Waals surface area contributed by atoms with Crippen LogP contribution in [0.3, 0.4) is 0 Å². The van der Waals surface area contributed by atoms with Gasteiger partial charge in [-0.3, -0.25) is 9.78 Å². The van der Waals surface area contributed by atoms with Gasteiger partial charge in [0.2, 0.25) is 0 Å². The van der Waals surface area contributed by atoms with E-state index < -0.39 is 0 Å². The van der Waals surface area contributed by atoms with Crippen molar-refractivity contribution in [2.24, 2.45) is 10.8 Å². The molecular weight excluding hydrogens is 793 g/mol. The number of carbonyl (C=O) groups excluding carboxylic acids is 1. The Labute approximate surface area is 316 Å². The Morgan fingerprint density at radius 3 is 2.06 bits per heavy atom. The number of rotatable bonds is 10. The normalized spacial score (nSPS) is 14.2. The largest absolute Gasteiger partial charge is 0.512 e. The fraction of sp³-hybridized carbons (Fsp3) is 0.533. The SMILES string of the molecule is CCC(C)(CC)C(=O)/C=C(\O)C(C)(CC)CC.Cc1[c-]c(-c2nc(C(C)C)nc3c2ccc2cc(C)c(C4CCCC4)c(C)c23)cc(C)c1.[Ir]. The van der Waals surface area contributed by atoms with E-state index in [0.29, 0.717) is 5.92 Å². The van der Waals surface area contributed by atoms with Gasteiger partial charge in [0, 0.05) is 48.3 Å². The number of hydrogen-bond donors (Lipinski definition) is 1. The molecule has 1 aliphatic carbocycles. The maximum absolute atomic E-state index is 12.2. The summed E-state index contributed by atoms with van der Waals surface area (Å²) in [5.41, 5.74) is 9.37. The molecule has 0 spiro atoms. The van der Waals surface area contributed by atoms with E-state index in [0.717, 1.165) is 59.2 Å². The first-order valence-corrected chi connectivity index (χ1v) is 18.8. The first-order chi connectivity index (χ1) is 23.1. The second kappa shape index (κ2) is 17.1. The van der Waals surface area contributed by atoms with Crippen LogP contribution in [-0.4, -0.2) is 20.9 Å². The molecule has 0 atom stereocenters. The molecule has 5 rings (SSSR count). The van der Waals surface area contributed by atoms with Crippen molar-refractivity contribution in [3.8, 4) is 11.3 Å². The van der Waals surface area contributed by atoms with Gasteiger partial charge >= 0.3 is 0 Å². The number of aliphatic hydroxyl groups excluding tert-OH is 1. The van der Waals surface area contributed by atoms with Crippen LogP contribution >= 0.6 is 0 Å². The zero-order valence-corrected chi connectivity index (χ0v) is 35.3. The number of carbonyl (C=O) groups is 1. The fourth-order valence-corrected chi connectivity index (χ4v) is 7.50. The molecule has 3 aromatic carbocycles. The van der Waals surface area contributed by atoms with Gasteiger partial charge in [-0.2, -0.15) is 0 Å². The van der Waals surface area contributed by atoms with E-state index in [9.17, 15) is 9.90 Å². The number of aryl methyl sites for hydroxylation is 4. The molecule has 4 aromatic rings. The Bertz CT molecular complexity index is 1820. The Hall–Kier alpha value is -2.88. The zero-order chi connectivity index (χ0) is 36.3. The molecule has 1 heterocycles. The van der Waals surface area contributed by atoms with Gasteiger partial charge in [0.05, 0.1) is 5.52 Å². The molecule has 1 aromatic heterocycles. The summed E-state index contributed by atoms with van der Waals surface area (Å²) in [6.45, 7) is 25.3. The molecule has 0 saturated heterocycles. The molecule has 273 valence electrons. The quantitative estimate of drug-likeness (QED) is 0.0747. The summed E-state index contributed by atoms with van der Waals surface area (Å²) < 4.78 is 0. The number of ketones is 1. The second-order valence-electron chi connectivity index (χ2n) is 15.5. The van der Waals surface area contributed by atoms with Crippen molar-refractivity contribution in [1.29, 1.82) is 0 Å². The molecule has 1 radical (unpaired) electrons. The van der Waals surface area contributed by atoms with E-state index in [2.05, 4.69) is 77.9 Å². The van der Waals surface area contributed by atoms with Gasteiger partial charge in [-0.05, 0) is 91.4 Å². The number of hydrogen-bond acceptors (Lipinski definition) is 4. The van der Waals surface area contributed by atoms with E-state index in [1.54, 1.807) is 5.56 Å². The number of aliphatic hydroxyl groups is 1. The number of fused-ring (bicyclic) bond motifs is 3. The summed E-state index contributed by atoms with van der Waals surface area (Å²) in [6.07, 6.45) is 10.1. The number of allylic oxidation sites excluding steroid dienone is 2. The topological polar surface area (TPSA) is 63.1 Å². The molecule has 1 N–H and O–H groups in total. The molecule has 0 bridgehead atoms. The third-order valence-corrected chi connectivity index (χ3v) is 11.8. The summed E-state index contributed by atoms with van der Waals surface area (Å²) in [7, 11) is 0. The van der Waals surface area contributed by atoms with Gasteiger partial charge in [0.1, 0.15) is 11.6 Å². The van der Waals surface area contributed by atoms with Crippen LogP contribution in [0.15, 0.2) is 42.2 Å². The second-order valence-corrected chi connectivity index (χ2v) is 15.5. The van der Waals surface area contributed by atoms with Crippen molar-refractivity contribution >= 4 is 27.5 Å². The van der Waals surface area contributed by atoms with Crippen LogP contribution in [0.4, 0.5) is 0 Å². The average Bonchev–Trinajstić information content (AvgIpc) is 3.60. The molecule has 1 saturated carbocycles. The first kappa shape index (κ1) is 41.5. The third kappa shape index (κ3) is 8.59. The van der Waals surface area contributed by atoms with Gasteiger partial charge < -0.3 is 5.11 Å². The summed E-state index contributed by atoms with van der Waals surface area (Å²) >= 11 is 0. The predicted molar refractivity (Wildman–Crippen MR) is 209 cm³/mol. The molecule has 0 amide bonds. The number of benzene rings is 3. The summed E-state index contributed by atoms with van der Waals surface area (Å²) in [4.78, 5) is 22.4. The Morgan fingerprint density at radius 1 is 0.920 bits per heavy atom. The molecule has 0 unspecified atom stereocenters. The van der Waals surface area contributed by atoms with E-state index in [1.807, 2.05) is 41.5 Å². The van der Waals surface area contributed by atoms with E-state index >= 15 is 0 Å². The van der Waals surface area contributed by atoms with E-state index in [1.165, 1.54) is 59.2 Å². The monoisotopic (exact) mass is 854 g/mol. The molecule has 1 aliphatic rings. The zero-order valence-electron chi connectivity index (χ0n) is 32.9. The van der Waals surface area contributed by atoms with Crippen LogP contribution in [0.2, 0.25) is 0 Å². The smallest absolute Gasteiger partial charge is 0.164 e. The standard InChI is InChI=1S/C30H33N2.C15H28O2.Ir/c1-17(2)30-31-28(24-14-18(3)13-19(4)15-24)25-12-11-23-16-20(5)26(22-9-7-8-10-22)21(6)27(23)29(25)32-30;1-7-14(5,8-2)12(16)11-13(17)15(6,9-3)10-4;/h11-14,16-17,22H,7-10H2,1-6H3;11,16H,7-10H2,1-6H3;/q-1;;/b;12-11-;. The van der Waals surface area contributed by atoms with Crippen molar-refractivity contribution in [2.45, 2.75) is 146 Å². The minimum atomic E-state index is -0.337. The van der Waals surface area contributed by atoms with Crippen molar-refractivity contribution in [3.63, 3.8) is 0 Å².